The molecule has 0 fully saturated rings. The largest absolute Gasteiger partial charge is 0.456 e. The summed E-state index contributed by atoms with van der Waals surface area (Å²) in [6.45, 7) is 0. The zero-order valence-electron chi connectivity index (χ0n) is 27.5. The predicted molar refractivity (Wildman–Crippen MR) is 209 cm³/mol. The molecule has 0 unspecified atom stereocenters. The maximum Gasteiger partial charge on any atom is 0.164 e. The van der Waals surface area contributed by atoms with Crippen molar-refractivity contribution in [2.24, 2.45) is 0 Å². The van der Waals surface area contributed by atoms with Gasteiger partial charge in [-0.15, -0.1) is 0 Å². The maximum atomic E-state index is 6.63. The summed E-state index contributed by atoms with van der Waals surface area (Å²) in [6, 6.07) is 61.1. The molecule has 0 saturated carbocycles. The quantitative estimate of drug-likeness (QED) is 0.186. The van der Waals surface area contributed by atoms with Crippen LogP contribution in [0.3, 0.4) is 0 Å². The molecular weight excluding hydrogens is 623 g/mol. The van der Waals surface area contributed by atoms with E-state index >= 15 is 0 Å². The third kappa shape index (κ3) is 5.13. The number of hydrogen-bond donors (Lipinski definition) is 0. The fourth-order valence-electron chi connectivity index (χ4n) is 7.19. The number of furan rings is 1. The fourth-order valence-corrected chi connectivity index (χ4v) is 7.19. The lowest BCUT2D eigenvalue weighted by Crippen LogP contribution is -2.00. The van der Waals surface area contributed by atoms with E-state index < -0.39 is 0 Å². The van der Waals surface area contributed by atoms with E-state index in [2.05, 4.69) is 140 Å². The van der Waals surface area contributed by atoms with Crippen LogP contribution in [0, 0.1) is 0 Å². The van der Waals surface area contributed by atoms with E-state index in [0.29, 0.717) is 17.5 Å². The summed E-state index contributed by atoms with van der Waals surface area (Å²) in [4.78, 5) is 15.1. The Balaban J connectivity index is 1.13. The van der Waals surface area contributed by atoms with Gasteiger partial charge in [0, 0.05) is 33.0 Å². The number of aromatic nitrogens is 3. The number of benzene rings is 8. The second kappa shape index (κ2) is 11.9. The van der Waals surface area contributed by atoms with Crippen molar-refractivity contribution in [1.29, 1.82) is 0 Å². The van der Waals surface area contributed by atoms with Gasteiger partial charge in [0.1, 0.15) is 11.2 Å². The molecule has 238 valence electrons. The van der Waals surface area contributed by atoms with Crippen LogP contribution in [-0.2, 0) is 0 Å². The zero-order valence-corrected chi connectivity index (χ0v) is 27.5. The molecule has 8 aromatic carbocycles. The van der Waals surface area contributed by atoms with Crippen LogP contribution in [0.15, 0.2) is 180 Å². The molecule has 10 aromatic rings. The number of rotatable bonds is 5. The van der Waals surface area contributed by atoms with Gasteiger partial charge in [-0.3, -0.25) is 0 Å². The molecule has 0 aliphatic rings. The molecule has 2 aromatic heterocycles. The second-order valence-corrected chi connectivity index (χ2v) is 12.8. The van der Waals surface area contributed by atoms with Crippen molar-refractivity contribution in [2.45, 2.75) is 0 Å². The van der Waals surface area contributed by atoms with Crippen molar-refractivity contribution in [3.63, 3.8) is 0 Å². The van der Waals surface area contributed by atoms with Gasteiger partial charge < -0.3 is 4.42 Å². The molecule has 4 nitrogen and oxygen atoms in total. The molecule has 0 saturated heterocycles. The zero-order chi connectivity index (χ0) is 33.7. The Bertz CT molecular complexity index is 2900. The lowest BCUT2D eigenvalue weighted by molar-refractivity contribution is 0.669. The van der Waals surface area contributed by atoms with E-state index in [9.17, 15) is 0 Å². The van der Waals surface area contributed by atoms with Crippen molar-refractivity contribution in [3.8, 4) is 56.4 Å². The average Bonchev–Trinajstić information content (AvgIpc) is 3.57. The minimum absolute atomic E-state index is 0.592. The van der Waals surface area contributed by atoms with E-state index in [-0.39, 0.29) is 0 Å². The maximum absolute atomic E-state index is 6.63. The van der Waals surface area contributed by atoms with Gasteiger partial charge in [0.25, 0.3) is 0 Å². The highest BCUT2D eigenvalue weighted by Crippen LogP contribution is 2.42. The van der Waals surface area contributed by atoms with Gasteiger partial charge in [0.2, 0.25) is 0 Å². The van der Waals surface area contributed by atoms with Gasteiger partial charge in [-0.2, -0.15) is 0 Å². The minimum atomic E-state index is 0.592. The van der Waals surface area contributed by atoms with Crippen molar-refractivity contribution in [3.05, 3.63) is 176 Å². The van der Waals surface area contributed by atoms with Crippen LogP contribution in [0.25, 0.3) is 99.9 Å². The van der Waals surface area contributed by atoms with Crippen LogP contribution in [0.1, 0.15) is 0 Å². The first-order valence-corrected chi connectivity index (χ1v) is 17.1. The monoisotopic (exact) mass is 651 g/mol. The Morgan fingerprint density at radius 1 is 0.314 bits per heavy atom. The van der Waals surface area contributed by atoms with E-state index in [4.69, 9.17) is 19.4 Å². The Morgan fingerprint density at radius 2 is 0.843 bits per heavy atom. The van der Waals surface area contributed by atoms with Crippen LogP contribution in [0.4, 0.5) is 0 Å². The second-order valence-electron chi connectivity index (χ2n) is 12.8. The van der Waals surface area contributed by atoms with Crippen molar-refractivity contribution < 1.29 is 4.42 Å². The molecule has 0 bridgehead atoms. The molecule has 0 atom stereocenters. The summed E-state index contributed by atoms with van der Waals surface area (Å²) >= 11 is 0. The van der Waals surface area contributed by atoms with Crippen LogP contribution >= 0.6 is 0 Å². The topological polar surface area (TPSA) is 51.8 Å². The normalized spacial score (nSPS) is 11.5. The molecule has 0 aliphatic carbocycles. The van der Waals surface area contributed by atoms with Gasteiger partial charge >= 0.3 is 0 Å². The summed E-state index contributed by atoms with van der Waals surface area (Å²) in [5, 5.41) is 6.79. The molecule has 2 heterocycles. The first kappa shape index (κ1) is 29.0. The molecule has 0 amide bonds. The third-order valence-corrected chi connectivity index (χ3v) is 9.68. The highest BCUT2D eigenvalue weighted by molar-refractivity contribution is 6.20. The third-order valence-electron chi connectivity index (χ3n) is 9.68. The lowest BCUT2D eigenvalue weighted by atomic mass is 9.93. The molecule has 0 spiro atoms. The van der Waals surface area contributed by atoms with Gasteiger partial charge in [0.05, 0.1) is 0 Å². The first-order chi connectivity index (χ1) is 25.2. The van der Waals surface area contributed by atoms with E-state index in [1.165, 1.54) is 22.1 Å². The Morgan fingerprint density at radius 3 is 1.55 bits per heavy atom. The van der Waals surface area contributed by atoms with Crippen molar-refractivity contribution in [2.75, 3.05) is 0 Å². The highest BCUT2D eigenvalue weighted by Gasteiger charge is 2.19. The minimum Gasteiger partial charge on any atom is -0.456 e. The molecule has 51 heavy (non-hydrogen) atoms. The smallest absolute Gasteiger partial charge is 0.164 e. The highest BCUT2D eigenvalue weighted by atomic mass is 16.3. The van der Waals surface area contributed by atoms with E-state index in [1.54, 1.807) is 0 Å². The summed E-state index contributed by atoms with van der Waals surface area (Å²) in [5.74, 6) is 1.84. The Labute approximate surface area is 294 Å². The molecule has 10 rings (SSSR count). The van der Waals surface area contributed by atoms with Crippen molar-refractivity contribution in [1.82, 2.24) is 15.0 Å². The average molecular weight is 652 g/mol. The fraction of sp³-hybridized carbons (Fsp3) is 0. The van der Waals surface area contributed by atoms with E-state index in [1.807, 2.05) is 36.4 Å². The van der Waals surface area contributed by atoms with Crippen LogP contribution < -0.4 is 0 Å². The van der Waals surface area contributed by atoms with Crippen LogP contribution in [-0.4, -0.2) is 15.0 Å². The molecule has 0 N–H and O–H groups in total. The Hall–Kier alpha value is -6.91. The molecule has 0 aliphatic heterocycles. The van der Waals surface area contributed by atoms with E-state index in [0.717, 1.165) is 60.4 Å². The summed E-state index contributed by atoms with van der Waals surface area (Å²) in [6.07, 6.45) is 0. The Kier molecular flexibility index (Phi) is 6.78. The first-order valence-electron chi connectivity index (χ1n) is 17.1. The lowest BCUT2D eigenvalue weighted by Gasteiger charge is -2.10. The molecular formula is C47H29N3O. The van der Waals surface area contributed by atoms with Gasteiger partial charge in [0.15, 0.2) is 17.5 Å². The van der Waals surface area contributed by atoms with Crippen LogP contribution in [0.2, 0.25) is 0 Å². The van der Waals surface area contributed by atoms with Gasteiger partial charge in [-0.25, -0.2) is 15.0 Å². The number of hydrogen-bond acceptors (Lipinski definition) is 4. The molecule has 0 radical (unpaired) electrons. The molecule has 4 heteroatoms. The SMILES string of the molecule is c1ccc(-c2ccc3cc(-c4nc(-c5ccccc5)nc(-c5ccc6c(c5)oc5cc7ccccc7c(-c7ccccc7)c56)n4)ccc3c2)cc1. The van der Waals surface area contributed by atoms with Gasteiger partial charge in [-0.05, 0) is 68.6 Å². The number of nitrogens with zero attached hydrogens (tertiary/aromatic N) is 3. The van der Waals surface area contributed by atoms with Gasteiger partial charge in [-0.1, -0.05) is 146 Å². The predicted octanol–water partition coefficient (Wildman–Crippen LogP) is 12.4. The summed E-state index contributed by atoms with van der Waals surface area (Å²) in [5.41, 5.74) is 9.09. The number of fused-ring (bicyclic) bond motifs is 5. The summed E-state index contributed by atoms with van der Waals surface area (Å²) in [7, 11) is 0. The standard InChI is InChI=1S/C47H29N3O/c1-4-12-30(13-5-1)33-20-21-35-27-37(23-22-34(35)26-33)46-48-45(32-16-8-3-9-17-32)49-47(50-46)38-24-25-40-41(29-38)51-42-28-36-18-10-11-19-39(36)43(44(40)42)31-14-6-2-7-15-31/h1-29H. The van der Waals surface area contributed by atoms with Crippen molar-refractivity contribution >= 4 is 43.5 Å². The van der Waals surface area contributed by atoms with Crippen LogP contribution in [0.5, 0.6) is 0 Å². The summed E-state index contributed by atoms with van der Waals surface area (Å²) < 4.78 is 6.63.